The first kappa shape index (κ1) is 85.6. The summed E-state index contributed by atoms with van der Waals surface area (Å²) in [5, 5.41) is 29.0. The summed E-state index contributed by atoms with van der Waals surface area (Å²) in [7, 11) is 1.88. The zero-order valence-electron chi connectivity index (χ0n) is 49.4. The quantitative estimate of drug-likeness (QED) is 0.0136. The van der Waals surface area contributed by atoms with Gasteiger partial charge in [-0.2, -0.15) is 4.21 Å². The minimum Gasteiger partial charge on any atom is -0.696 e. The van der Waals surface area contributed by atoms with Gasteiger partial charge in [-0.05, 0) is 142 Å². The molecule has 0 saturated carbocycles. The smallest absolute Gasteiger partial charge is 0.696 e. The fourth-order valence-corrected chi connectivity index (χ4v) is 8.86. The Balaban J connectivity index is -0.000000319. The van der Waals surface area contributed by atoms with Crippen LogP contribution in [0.5, 0.6) is 11.5 Å². The van der Waals surface area contributed by atoms with Gasteiger partial charge in [-0.1, -0.05) is 210 Å². The van der Waals surface area contributed by atoms with Gasteiger partial charge in [-0.15, -0.1) is 11.8 Å². The van der Waals surface area contributed by atoms with Gasteiger partial charge in [0.2, 0.25) is 0 Å². The van der Waals surface area contributed by atoms with Crippen molar-refractivity contribution in [3.8, 4) is 28.0 Å². The molecule has 4 aromatic carbocycles. The number of aromatic hydroxyl groups is 1. The number of aryl methyl sites for hydroxylation is 5. The largest absolute Gasteiger partial charge is 2.00 e. The number of aromatic nitrogens is 2. The first-order valence-electron chi connectivity index (χ1n) is 27.2. The van der Waals surface area contributed by atoms with Gasteiger partial charge in [-0.3, -0.25) is 14.2 Å². The molecule has 0 aliphatic rings. The van der Waals surface area contributed by atoms with E-state index in [0.29, 0.717) is 22.5 Å². The first-order chi connectivity index (χ1) is 37.4. The van der Waals surface area contributed by atoms with Crippen LogP contribution in [0.3, 0.4) is 0 Å². The predicted octanol–water partition coefficient (Wildman–Crippen LogP) is 18.6. The molecule has 5 rings (SSSR count). The number of thiocarbonyl (C=S) groups is 2. The van der Waals surface area contributed by atoms with Crippen LogP contribution in [0.15, 0.2) is 107 Å². The maximum atomic E-state index is 12.2. The average Bonchev–Trinajstić information content (AvgIpc) is 3.67. The van der Waals surface area contributed by atoms with E-state index in [4.69, 9.17) is 31.7 Å². The molecule has 0 aliphatic carbocycles. The van der Waals surface area contributed by atoms with Crippen molar-refractivity contribution in [3.63, 3.8) is 0 Å². The number of phenols is 1. The van der Waals surface area contributed by atoms with Crippen LogP contribution in [-0.4, -0.2) is 42.0 Å². The van der Waals surface area contributed by atoms with Crippen molar-refractivity contribution < 1.29 is 37.7 Å². The maximum Gasteiger partial charge on any atom is 2.00 e. The van der Waals surface area contributed by atoms with Gasteiger partial charge in [0.1, 0.15) is 11.5 Å². The zero-order chi connectivity index (χ0) is 58.9. The summed E-state index contributed by atoms with van der Waals surface area (Å²) in [5.41, 5.74) is 7.41. The number of hydrogen-bond donors (Lipinski definition) is 2. The second kappa shape index (κ2) is 57.6. The molecular formula is C64H99N5O5S6Zn. The molecule has 0 amide bonds. The number of rotatable bonds is 26. The third kappa shape index (κ3) is 45.0. The Morgan fingerprint density at radius 1 is 0.753 bits per heavy atom. The van der Waals surface area contributed by atoms with Crippen LogP contribution < -0.4 is 14.5 Å². The molecule has 0 saturated heterocycles. The molecule has 0 spiro atoms. The second-order valence-electron chi connectivity index (χ2n) is 18.7. The van der Waals surface area contributed by atoms with Gasteiger partial charge in [0.25, 0.3) is 5.56 Å². The van der Waals surface area contributed by atoms with E-state index in [9.17, 15) is 14.1 Å². The molecular weight excluding hydrogens is 1180 g/mol. The van der Waals surface area contributed by atoms with Crippen LogP contribution in [-0.2, 0) is 80.6 Å². The van der Waals surface area contributed by atoms with Gasteiger partial charge in [-0.25, -0.2) is 15.2 Å². The summed E-state index contributed by atoms with van der Waals surface area (Å²) in [6.45, 7) is 18.9. The number of phenolic OH excluding ortho intramolecular Hbond substituents is 1. The van der Waals surface area contributed by atoms with Crippen LogP contribution in [0, 0.1) is 48.0 Å². The summed E-state index contributed by atoms with van der Waals surface area (Å²) in [6, 6.07) is 31.2. The average molecular weight is 1280 g/mol. The number of anilines is 1. The summed E-state index contributed by atoms with van der Waals surface area (Å²) < 4.78 is 29.1. The number of hydrogen-bond acceptors (Lipinski definition) is 12. The molecule has 5 aromatic rings. The Morgan fingerprint density at radius 2 is 1.20 bits per heavy atom. The van der Waals surface area contributed by atoms with Crippen LogP contribution in [0.4, 0.5) is 5.69 Å². The van der Waals surface area contributed by atoms with Crippen molar-refractivity contribution in [3.05, 3.63) is 135 Å². The van der Waals surface area contributed by atoms with Crippen molar-refractivity contribution in [1.82, 2.24) is 9.36 Å². The summed E-state index contributed by atoms with van der Waals surface area (Å²) in [5.74, 6) is 1.65. The molecule has 448 valence electrons. The Kier molecular flexibility index (Phi) is 60.9. The molecule has 1 unspecified atom stereocenters. The van der Waals surface area contributed by atoms with E-state index in [1.54, 1.807) is 34.8 Å². The minimum atomic E-state index is -1.60. The Morgan fingerprint density at radius 3 is 1.60 bits per heavy atom. The van der Waals surface area contributed by atoms with Crippen molar-refractivity contribution in [2.45, 2.75) is 198 Å². The number of nitrogens with one attached hydrogen (secondary N) is 1. The summed E-state index contributed by atoms with van der Waals surface area (Å²) in [4.78, 5) is 12.6. The van der Waals surface area contributed by atoms with Crippen LogP contribution in [0.1, 0.15) is 187 Å². The van der Waals surface area contributed by atoms with Crippen LogP contribution in [0.25, 0.3) is 5.69 Å². The third-order valence-corrected chi connectivity index (χ3v) is 13.2. The fourth-order valence-electron chi connectivity index (χ4n) is 7.43. The van der Waals surface area contributed by atoms with Crippen molar-refractivity contribution in [2.75, 3.05) is 17.6 Å². The molecule has 2 N–H and O–H groups in total. The summed E-state index contributed by atoms with van der Waals surface area (Å²) >= 11 is 16.4. The number of ether oxygens (including phenoxy) is 1. The third-order valence-electron chi connectivity index (χ3n) is 11.6. The van der Waals surface area contributed by atoms with Crippen LogP contribution >= 0.6 is 36.2 Å². The minimum absolute atomic E-state index is 0. The number of thiocyanates is 2. The van der Waals surface area contributed by atoms with E-state index in [1.165, 1.54) is 125 Å². The van der Waals surface area contributed by atoms with Gasteiger partial charge >= 0.3 is 30.7 Å². The van der Waals surface area contributed by atoms with Gasteiger partial charge in [0.05, 0.1) is 18.0 Å². The molecule has 0 bridgehead atoms. The van der Waals surface area contributed by atoms with Crippen molar-refractivity contribution in [1.29, 1.82) is 10.5 Å². The van der Waals surface area contributed by atoms with Gasteiger partial charge in [0, 0.05) is 30.6 Å². The molecule has 1 aromatic heterocycles. The molecule has 81 heavy (non-hydrogen) atoms. The van der Waals surface area contributed by atoms with E-state index < -0.39 is 11.3 Å². The zero-order valence-corrected chi connectivity index (χ0v) is 57.2. The number of thioether (sulfide) groups is 1. The number of nitriles is 2. The topological polar surface area (TPSA) is 142 Å². The molecule has 1 heterocycles. The Hall–Kier alpha value is -4.19. The van der Waals surface area contributed by atoms with E-state index in [0.717, 1.165) is 52.5 Å². The molecule has 0 fully saturated rings. The summed E-state index contributed by atoms with van der Waals surface area (Å²) in [6.07, 6.45) is 25.9. The number of unbranched alkanes of at least 4 members (excludes halogenated alkanes) is 14. The molecule has 0 radical (unpaired) electrons. The molecule has 17 heteroatoms. The maximum absolute atomic E-state index is 12.2. The van der Waals surface area contributed by atoms with Crippen LogP contribution in [0.2, 0.25) is 0 Å². The monoisotopic (exact) mass is 1270 g/mol. The van der Waals surface area contributed by atoms with E-state index >= 15 is 0 Å². The SMILES string of the molecule is C.C.CC(=S)OCC(C)C.CC=S.CCCCCCCCCCCCc1ccc(OS(=O)Nc2ccccc2C)cc1.CCCCCCCCc1cc(C)c(O)c(SC)c1.Cc1cc(=O)n(-c2ccccc2)n1C.N#C[S-].N#C[S-].[Zn+2]. The van der Waals surface area contributed by atoms with E-state index in [-0.39, 0.29) is 39.9 Å². The van der Waals surface area contributed by atoms with Gasteiger partial charge in [0.15, 0.2) is 5.05 Å². The number of nitrogens with zero attached hydrogens (tertiary/aromatic N) is 4. The Labute approximate surface area is 533 Å². The predicted molar refractivity (Wildman–Crippen MR) is 361 cm³/mol. The Bertz CT molecular complexity index is 2480. The van der Waals surface area contributed by atoms with Crippen molar-refractivity contribution in [2.24, 2.45) is 13.0 Å². The first-order valence-corrected chi connectivity index (χ1v) is 31.2. The normalized spacial score (nSPS) is 9.75. The number of para-hydroxylation sites is 2. The second-order valence-corrected chi connectivity index (χ2v) is 21.8. The standard InChI is InChI=1S/C25H37NO2S.C16H26OS.C11H12N2O.C6H12OS.C2H4S.2CHNS.2CH4.Zn/c1-3-4-5-6-7-8-9-10-11-12-16-23-18-20-24(21-19-23)28-29(27)26-25-17-14-13-15-22(25)2;1-4-5-6-7-8-9-10-14-11-13(2)16(17)15(12-14)18-3;1-9-8-11(14)13(12(9)2)10-6-4-3-5-7-10;1-5(2)4-7-6(3)8;1-2-3;2*2-1-3;;;/h13-15,17-21,26H,3-12,16H2,1-2H3;11-12,17H,4-10H2,1-3H3;3-8H,1-2H3;5H,4H2,1-3H3;2H,1H3;2*3H;2*1H4;/q;;;;;;;;;+2/p-2. The van der Waals surface area contributed by atoms with Crippen molar-refractivity contribution >= 4 is 88.8 Å². The van der Waals surface area contributed by atoms with E-state index in [1.807, 2.05) is 112 Å². The molecule has 10 nitrogen and oxygen atoms in total. The molecule has 1 atom stereocenters. The number of benzene rings is 4. The molecule has 0 aliphatic heterocycles. The van der Waals surface area contributed by atoms with Gasteiger partial charge < -0.3 is 39.3 Å². The fraction of sp³-hybridized carbons (Fsp3) is 0.516. The van der Waals surface area contributed by atoms with E-state index in [2.05, 4.69) is 94.2 Å².